The van der Waals surface area contributed by atoms with E-state index in [1.807, 2.05) is 18.3 Å². The quantitative estimate of drug-likeness (QED) is 0.269. The second kappa shape index (κ2) is 7.23. The van der Waals surface area contributed by atoms with Crippen LogP contribution in [0.15, 0.2) is 99.6 Å². The second-order valence-electron chi connectivity index (χ2n) is 8.41. The maximum atomic E-state index is 12.7. The Hall–Kier alpha value is -3.04. The summed E-state index contributed by atoms with van der Waals surface area (Å²) >= 11 is 0.902. The Balaban J connectivity index is 1.19. The molecule has 4 nitrogen and oxygen atoms in total. The van der Waals surface area contributed by atoms with Gasteiger partial charge in [0.05, 0.1) is 0 Å². The number of nitrogens with zero attached hydrogens (tertiary/aromatic N) is 2. The molecule has 3 aromatic rings. The molecule has 0 unspecified atom stereocenters. The van der Waals surface area contributed by atoms with E-state index >= 15 is 0 Å². The number of carbonyl (C=O) groups excluding carboxylic acids is 2. The van der Waals surface area contributed by atoms with Gasteiger partial charge in [0.25, 0.3) is 0 Å². The van der Waals surface area contributed by atoms with Crippen LogP contribution < -0.4 is 12.3 Å². The Morgan fingerprint density at radius 3 is 2.48 bits per heavy atom. The molecule has 0 saturated carbocycles. The smallest absolute Gasteiger partial charge is 0.151 e. The van der Waals surface area contributed by atoms with E-state index < -0.39 is 20.9 Å². The number of aromatic nitrogens is 1. The molecule has 0 atom stereocenters. The molecule has 0 N–H and O–H groups in total. The number of carbonyl (C=O) groups is 2. The van der Waals surface area contributed by atoms with Crippen LogP contribution in [0.5, 0.6) is 0 Å². The molecule has 33 heavy (non-hydrogen) atoms. The van der Waals surface area contributed by atoms with Crippen molar-refractivity contribution in [3.63, 3.8) is 0 Å². The number of benzene rings is 1. The summed E-state index contributed by atoms with van der Waals surface area (Å²) in [5, 5.41) is 3.55. The molecular weight excluding hydrogens is 544 g/mol. The summed E-state index contributed by atoms with van der Waals surface area (Å²) in [6.07, 6.45) is 9.73. The topological polar surface area (TPSA) is 50.3 Å². The second-order valence-corrected chi connectivity index (χ2v) is 12.1. The molecular formula is C27H16N2O2STe. The van der Waals surface area contributed by atoms with Gasteiger partial charge in [-0.3, -0.25) is 0 Å². The molecule has 0 spiro atoms. The molecule has 3 aliphatic carbocycles. The van der Waals surface area contributed by atoms with Gasteiger partial charge in [-0.05, 0) is 0 Å². The van der Waals surface area contributed by atoms with Gasteiger partial charge in [-0.25, -0.2) is 0 Å². The minimum absolute atomic E-state index is 0.140. The van der Waals surface area contributed by atoms with Crippen LogP contribution in [0, 0.1) is 0 Å². The average molecular weight is 560 g/mol. The number of fused-ring (bicyclic) bond motifs is 3. The van der Waals surface area contributed by atoms with Gasteiger partial charge in [0.1, 0.15) is 0 Å². The molecule has 4 aliphatic rings. The first-order valence-corrected chi connectivity index (χ1v) is 14.0. The van der Waals surface area contributed by atoms with Gasteiger partial charge < -0.3 is 0 Å². The van der Waals surface area contributed by atoms with Crippen molar-refractivity contribution < 1.29 is 9.59 Å². The normalized spacial score (nSPS) is 18.2. The van der Waals surface area contributed by atoms with Gasteiger partial charge in [0.15, 0.2) is 0 Å². The van der Waals surface area contributed by atoms with E-state index in [1.165, 1.54) is 46.9 Å². The summed E-state index contributed by atoms with van der Waals surface area (Å²) in [6, 6.07) is 12.9. The predicted octanol–water partition coefficient (Wildman–Crippen LogP) is 4.17. The Morgan fingerprint density at radius 1 is 0.909 bits per heavy atom. The number of Topliss-reactive ketones (excluding diaryl/α,β-unsaturated/α-hetero) is 2. The molecule has 0 radical (unpaired) electrons. The number of pyridine rings is 1. The number of ketones is 2. The molecule has 158 valence electrons. The van der Waals surface area contributed by atoms with E-state index in [-0.39, 0.29) is 11.6 Å². The predicted molar refractivity (Wildman–Crippen MR) is 131 cm³/mol. The summed E-state index contributed by atoms with van der Waals surface area (Å²) < 4.78 is 2.63. The minimum atomic E-state index is -0.504. The first-order valence-electron chi connectivity index (χ1n) is 10.7. The summed E-state index contributed by atoms with van der Waals surface area (Å²) in [6.45, 7) is 0. The first-order chi connectivity index (χ1) is 16.2. The van der Waals surface area contributed by atoms with Gasteiger partial charge >= 0.3 is 183 Å². The van der Waals surface area contributed by atoms with Crippen molar-refractivity contribution in [2.45, 2.75) is 12.8 Å². The molecule has 0 bridgehead atoms. The Bertz CT molecular complexity index is 1460. The van der Waals surface area contributed by atoms with E-state index in [0.29, 0.717) is 16.7 Å². The molecule has 2 aromatic heterocycles. The van der Waals surface area contributed by atoms with Crippen LogP contribution in [0.2, 0.25) is 0 Å². The zero-order valence-corrected chi connectivity index (χ0v) is 20.5. The number of anilines is 2. The van der Waals surface area contributed by atoms with E-state index in [9.17, 15) is 9.59 Å². The number of hydrogen-bond donors (Lipinski definition) is 0. The Labute approximate surface area is 204 Å². The summed E-state index contributed by atoms with van der Waals surface area (Å²) in [4.78, 5) is 32.4. The van der Waals surface area contributed by atoms with Gasteiger partial charge in [-0.15, -0.1) is 0 Å². The number of rotatable bonds is 2. The molecule has 1 aliphatic heterocycles. The van der Waals surface area contributed by atoms with Gasteiger partial charge in [0, 0.05) is 10.8 Å². The number of thiophene rings is 1. The third-order valence-corrected chi connectivity index (χ3v) is 10.2. The van der Waals surface area contributed by atoms with Gasteiger partial charge in [0.2, 0.25) is 0 Å². The van der Waals surface area contributed by atoms with Crippen LogP contribution in [0.3, 0.4) is 0 Å². The van der Waals surface area contributed by atoms with Crippen molar-refractivity contribution in [2.24, 2.45) is 0 Å². The van der Waals surface area contributed by atoms with Crippen molar-refractivity contribution in [2.75, 3.05) is 4.90 Å². The van der Waals surface area contributed by atoms with Gasteiger partial charge in [-0.1, -0.05) is 0 Å². The molecule has 6 heteroatoms. The van der Waals surface area contributed by atoms with Crippen LogP contribution in [-0.4, -0.2) is 37.5 Å². The van der Waals surface area contributed by atoms with Crippen LogP contribution in [0.4, 0.5) is 11.4 Å². The summed E-state index contributed by atoms with van der Waals surface area (Å²) in [5.74, 6) is -0.281. The molecule has 7 rings (SSSR count). The zero-order valence-electron chi connectivity index (χ0n) is 17.4. The first kappa shape index (κ1) is 19.4. The fraction of sp³-hybridized carbons (Fsp3) is 0.0741. The third kappa shape index (κ3) is 2.92. The van der Waals surface area contributed by atoms with Crippen molar-refractivity contribution >= 4 is 62.6 Å². The van der Waals surface area contributed by atoms with Crippen LogP contribution >= 0.6 is 11.3 Å². The van der Waals surface area contributed by atoms with Crippen molar-refractivity contribution in [3.05, 3.63) is 111 Å². The number of allylic oxidation sites excluding steroid dienone is 7. The number of para-hydroxylation sites is 1. The van der Waals surface area contributed by atoms with Crippen molar-refractivity contribution in [1.29, 1.82) is 0 Å². The molecule has 1 aromatic carbocycles. The molecule has 3 heterocycles. The third-order valence-electron chi connectivity index (χ3n) is 6.44. The Kier molecular flexibility index (Phi) is 4.26. The molecule has 0 fully saturated rings. The Morgan fingerprint density at radius 2 is 1.67 bits per heavy atom. The fourth-order valence-electron chi connectivity index (χ4n) is 4.95. The van der Waals surface area contributed by atoms with E-state index in [0.717, 1.165) is 18.4 Å². The summed E-state index contributed by atoms with van der Waals surface area (Å²) in [7, 11) is 0. The van der Waals surface area contributed by atoms with Gasteiger partial charge in [-0.2, -0.15) is 11.3 Å². The average Bonchev–Trinajstić information content (AvgIpc) is 3.58. The van der Waals surface area contributed by atoms with E-state index in [2.05, 4.69) is 47.4 Å². The molecule has 0 amide bonds. The number of hydrogen-bond acceptors (Lipinski definition) is 5. The van der Waals surface area contributed by atoms with Crippen LogP contribution in [0.25, 0.3) is 0 Å². The van der Waals surface area contributed by atoms with Crippen LogP contribution in [-0.2, 0) is 0 Å². The maximum absolute atomic E-state index is 12.7. The van der Waals surface area contributed by atoms with Crippen molar-refractivity contribution in [3.8, 4) is 0 Å². The SMILES string of the molecule is O=C1C(=CC2=CC3=C(C=C(N4c5ccccc5[Te]c5ncccc54)C3)C2)C(=O)c2cscc21. The fourth-order valence-corrected chi connectivity index (χ4v) is 8.61. The summed E-state index contributed by atoms with van der Waals surface area (Å²) in [5.41, 5.74) is 8.72. The standard InChI is InChI=1S/C27H16N2O2STe/c30-25-19(26(31)21-14-32-13-20(21)25)10-15-8-16-11-18(12-17(16)9-15)29-22-4-1-2-6-24(22)33-27-23(29)5-3-7-28-27/h1-8,10,12-14H,9,11H2. The van der Waals surface area contributed by atoms with E-state index in [4.69, 9.17) is 4.98 Å². The monoisotopic (exact) mass is 562 g/mol. The van der Waals surface area contributed by atoms with E-state index in [1.54, 1.807) is 10.8 Å². The van der Waals surface area contributed by atoms with Crippen molar-refractivity contribution in [1.82, 2.24) is 4.98 Å². The molecule has 0 saturated heterocycles. The minimum Gasteiger partial charge on any atom is -0.151 e. The van der Waals surface area contributed by atoms with Crippen LogP contribution in [0.1, 0.15) is 33.6 Å². The zero-order chi connectivity index (χ0) is 22.1.